The number of anilines is 1. The predicted molar refractivity (Wildman–Crippen MR) is 180 cm³/mol. The summed E-state index contributed by atoms with van der Waals surface area (Å²) in [5.41, 5.74) is 5.58. The van der Waals surface area contributed by atoms with Crippen LogP contribution in [0.1, 0.15) is 48.0 Å². The van der Waals surface area contributed by atoms with Crippen molar-refractivity contribution >= 4 is 34.6 Å². The third-order valence-corrected chi connectivity index (χ3v) is 9.10. The van der Waals surface area contributed by atoms with Crippen LogP contribution in [0.25, 0.3) is 11.0 Å². The number of aromatic nitrogens is 2. The van der Waals surface area contributed by atoms with Gasteiger partial charge in [0.25, 0.3) is 5.91 Å². The number of carbonyl (C=O) groups is 3. The van der Waals surface area contributed by atoms with Gasteiger partial charge < -0.3 is 29.2 Å². The number of carbonyl (C=O) groups excluding carboxylic acids is 3. The van der Waals surface area contributed by atoms with E-state index in [0.717, 1.165) is 32.6 Å². The van der Waals surface area contributed by atoms with Gasteiger partial charge in [-0.15, -0.1) is 0 Å². The SMILES string of the molecule is C[C@@H]1[C@H](Cn2cnc3ccccc32)O[C@H](c2ccc(N3C(=O)CC(NC(=O)OCc4ccccc4)C3=O)cc2)O[C@@H]1c1ccc(CO)cc1. The molecule has 0 saturated carbocycles. The van der Waals surface area contributed by atoms with Gasteiger partial charge in [-0.3, -0.25) is 9.59 Å². The zero-order valence-electron chi connectivity index (χ0n) is 26.8. The maximum absolute atomic E-state index is 13.2. The highest BCUT2D eigenvalue weighted by Crippen LogP contribution is 2.42. The molecule has 5 aromatic rings. The first kappa shape index (κ1) is 32.2. The molecule has 11 heteroatoms. The number of hydrogen-bond acceptors (Lipinski definition) is 8. The van der Waals surface area contributed by atoms with Gasteiger partial charge in [0.2, 0.25) is 5.91 Å². The molecule has 0 spiro atoms. The lowest BCUT2D eigenvalue weighted by Gasteiger charge is -2.41. The topological polar surface area (TPSA) is 132 Å². The van der Waals surface area contributed by atoms with E-state index in [4.69, 9.17) is 14.2 Å². The van der Waals surface area contributed by atoms with Crippen molar-refractivity contribution in [3.05, 3.63) is 132 Å². The molecule has 4 aromatic carbocycles. The van der Waals surface area contributed by atoms with Crippen LogP contribution in [0, 0.1) is 5.92 Å². The summed E-state index contributed by atoms with van der Waals surface area (Å²) in [4.78, 5) is 44.2. The molecular formula is C38H36N4O7. The molecule has 1 unspecified atom stereocenters. The molecule has 2 aliphatic rings. The van der Waals surface area contributed by atoms with Crippen molar-refractivity contribution in [3.63, 3.8) is 0 Å². The number of nitrogens with one attached hydrogen (secondary N) is 1. The number of imide groups is 1. The first-order valence-corrected chi connectivity index (χ1v) is 16.2. The predicted octanol–water partition coefficient (Wildman–Crippen LogP) is 5.58. The van der Waals surface area contributed by atoms with E-state index < -0.39 is 30.2 Å². The van der Waals surface area contributed by atoms with Crippen molar-refractivity contribution in [2.45, 2.75) is 57.6 Å². The van der Waals surface area contributed by atoms with Crippen LogP contribution < -0.4 is 10.2 Å². The first-order valence-electron chi connectivity index (χ1n) is 16.2. The number of aliphatic hydroxyl groups is 1. The monoisotopic (exact) mass is 660 g/mol. The molecule has 49 heavy (non-hydrogen) atoms. The van der Waals surface area contributed by atoms with Crippen LogP contribution in [0.4, 0.5) is 10.5 Å². The molecule has 3 amide bonds. The number of rotatable bonds is 9. The van der Waals surface area contributed by atoms with Gasteiger partial charge in [-0.25, -0.2) is 14.7 Å². The van der Waals surface area contributed by atoms with Crippen molar-refractivity contribution in [1.29, 1.82) is 0 Å². The van der Waals surface area contributed by atoms with Crippen molar-refractivity contribution in [2.24, 2.45) is 5.92 Å². The quantitative estimate of drug-likeness (QED) is 0.196. The lowest BCUT2D eigenvalue weighted by molar-refractivity contribution is -0.276. The van der Waals surface area contributed by atoms with E-state index in [9.17, 15) is 19.5 Å². The maximum atomic E-state index is 13.2. The van der Waals surface area contributed by atoms with E-state index >= 15 is 0 Å². The minimum atomic E-state index is -1.03. The maximum Gasteiger partial charge on any atom is 0.408 e. The second-order valence-corrected chi connectivity index (χ2v) is 12.3. The number of amides is 3. The number of imidazole rings is 1. The Bertz CT molecular complexity index is 1940. The largest absolute Gasteiger partial charge is 0.445 e. The number of fused-ring (bicyclic) bond motifs is 1. The van der Waals surface area contributed by atoms with Gasteiger partial charge in [-0.1, -0.05) is 85.8 Å². The zero-order valence-corrected chi connectivity index (χ0v) is 26.8. The summed E-state index contributed by atoms with van der Waals surface area (Å²) in [7, 11) is 0. The van der Waals surface area contributed by atoms with Crippen molar-refractivity contribution in [1.82, 2.24) is 14.9 Å². The van der Waals surface area contributed by atoms with Crippen LogP contribution in [0.5, 0.6) is 0 Å². The summed E-state index contributed by atoms with van der Waals surface area (Å²) < 4.78 is 20.5. The van der Waals surface area contributed by atoms with E-state index in [1.807, 2.05) is 85.2 Å². The number of para-hydroxylation sites is 2. The molecule has 5 atom stereocenters. The molecular weight excluding hydrogens is 624 g/mol. The minimum Gasteiger partial charge on any atom is -0.445 e. The van der Waals surface area contributed by atoms with Crippen LogP contribution >= 0.6 is 0 Å². The fourth-order valence-electron chi connectivity index (χ4n) is 6.38. The molecule has 3 heterocycles. The Balaban J connectivity index is 1.07. The number of nitrogens with zero attached hydrogens (tertiary/aromatic N) is 3. The Morgan fingerprint density at radius 2 is 1.61 bits per heavy atom. The highest BCUT2D eigenvalue weighted by Gasteiger charge is 2.42. The molecule has 250 valence electrons. The van der Waals surface area contributed by atoms with Gasteiger partial charge in [0.05, 0.1) is 54.8 Å². The Kier molecular flexibility index (Phi) is 9.21. The van der Waals surface area contributed by atoms with Gasteiger partial charge in [0.1, 0.15) is 12.6 Å². The molecule has 0 bridgehead atoms. The number of ether oxygens (including phenoxy) is 3. The first-order chi connectivity index (χ1) is 23.9. The number of alkyl carbamates (subject to hydrolysis) is 1. The highest BCUT2D eigenvalue weighted by atomic mass is 16.7. The fourth-order valence-corrected chi connectivity index (χ4v) is 6.38. The fraction of sp³-hybridized carbons (Fsp3) is 0.263. The Morgan fingerprint density at radius 3 is 2.37 bits per heavy atom. The molecule has 7 rings (SSSR count). The van der Waals surface area contributed by atoms with Gasteiger partial charge in [-0.2, -0.15) is 0 Å². The second-order valence-electron chi connectivity index (χ2n) is 12.3. The molecule has 0 radical (unpaired) electrons. The molecule has 2 N–H and O–H groups in total. The second kappa shape index (κ2) is 14.0. The Morgan fingerprint density at radius 1 is 0.898 bits per heavy atom. The van der Waals surface area contributed by atoms with E-state index in [1.54, 1.807) is 24.3 Å². The minimum absolute atomic E-state index is 0.0414. The lowest BCUT2D eigenvalue weighted by Crippen LogP contribution is -2.42. The summed E-state index contributed by atoms with van der Waals surface area (Å²) in [5, 5.41) is 12.1. The van der Waals surface area contributed by atoms with Crippen molar-refractivity contribution in [3.8, 4) is 0 Å². The summed E-state index contributed by atoms with van der Waals surface area (Å²) >= 11 is 0. The zero-order chi connectivity index (χ0) is 33.9. The average Bonchev–Trinajstić information content (AvgIpc) is 3.67. The summed E-state index contributed by atoms with van der Waals surface area (Å²) in [5.74, 6) is -1.00. The molecule has 2 fully saturated rings. The number of aliphatic hydroxyl groups excluding tert-OH is 1. The van der Waals surface area contributed by atoms with Gasteiger partial charge in [0, 0.05) is 11.5 Å². The summed E-state index contributed by atoms with van der Waals surface area (Å²) in [6, 6.07) is 30.7. The van der Waals surface area contributed by atoms with E-state index in [-0.39, 0.29) is 37.8 Å². The van der Waals surface area contributed by atoms with Gasteiger partial charge in [0.15, 0.2) is 6.29 Å². The van der Waals surface area contributed by atoms with Crippen LogP contribution in [-0.4, -0.2) is 44.7 Å². The average molecular weight is 661 g/mol. The molecule has 11 nitrogen and oxygen atoms in total. The summed E-state index contributed by atoms with van der Waals surface area (Å²) in [6.45, 7) is 2.64. The number of benzene rings is 4. The molecule has 0 aliphatic carbocycles. The number of hydrogen-bond donors (Lipinski definition) is 2. The van der Waals surface area contributed by atoms with Crippen LogP contribution in [0.15, 0.2) is 109 Å². The lowest BCUT2D eigenvalue weighted by atomic mass is 9.90. The smallest absolute Gasteiger partial charge is 0.408 e. The molecule has 2 saturated heterocycles. The highest BCUT2D eigenvalue weighted by molar-refractivity contribution is 6.22. The summed E-state index contributed by atoms with van der Waals surface area (Å²) in [6.07, 6.45) is -0.442. The molecule has 2 aliphatic heterocycles. The van der Waals surface area contributed by atoms with Crippen LogP contribution in [0.3, 0.4) is 0 Å². The third-order valence-electron chi connectivity index (χ3n) is 9.10. The Hall–Kier alpha value is -5.36. The van der Waals surface area contributed by atoms with E-state index in [0.29, 0.717) is 17.8 Å². The van der Waals surface area contributed by atoms with Crippen LogP contribution in [0.2, 0.25) is 0 Å². The third kappa shape index (κ3) is 6.82. The van der Waals surface area contributed by atoms with E-state index in [2.05, 4.69) is 21.8 Å². The Labute approximate surface area is 283 Å². The normalized spacial score (nSPS) is 22.4. The van der Waals surface area contributed by atoms with Crippen molar-refractivity contribution in [2.75, 3.05) is 4.90 Å². The van der Waals surface area contributed by atoms with Crippen LogP contribution in [-0.2, 0) is 43.6 Å². The van der Waals surface area contributed by atoms with Gasteiger partial charge >= 0.3 is 6.09 Å². The molecule has 1 aromatic heterocycles. The standard InChI is InChI=1S/C38H36N4O7/c1-24-33(20-41-23-39-30-9-5-6-10-32(30)41)48-37(49-35(24)27-13-11-25(21-43)12-14-27)28-15-17-29(18-16-28)42-34(44)19-31(36(42)45)40-38(46)47-22-26-7-3-2-4-8-26/h2-18,23-24,31,33,35,37,43H,19-22H2,1H3,(H,40,46)/t24-,31?,33+,35+,37+/m1/s1. The van der Waals surface area contributed by atoms with Crippen molar-refractivity contribution < 1.29 is 33.7 Å². The van der Waals surface area contributed by atoms with Gasteiger partial charge in [-0.05, 0) is 41.0 Å². The van der Waals surface area contributed by atoms with E-state index in [1.165, 1.54) is 0 Å².